The van der Waals surface area contributed by atoms with Crippen molar-refractivity contribution in [2.24, 2.45) is 17.8 Å². The summed E-state index contributed by atoms with van der Waals surface area (Å²) in [6.45, 7) is 16.7. The van der Waals surface area contributed by atoms with Crippen molar-refractivity contribution in [3.63, 3.8) is 0 Å². The van der Waals surface area contributed by atoms with E-state index in [1.165, 1.54) is 38.8 Å². The van der Waals surface area contributed by atoms with E-state index in [0.29, 0.717) is 0 Å². The van der Waals surface area contributed by atoms with Gasteiger partial charge in [-0.2, -0.15) is 0 Å². The Labute approximate surface area is 121 Å². The quantitative estimate of drug-likeness (QED) is 0.756. The predicted molar refractivity (Wildman–Crippen MR) is 85.5 cm³/mol. The zero-order chi connectivity index (χ0) is 14.3. The van der Waals surface area contributed by atoms with Crippen molar-refractivity contribution in [1.82, 2.24) is 10.2 Å². The maximum Gasteiger partial charge on any atom is 0.0105 e. The Morgan fingerprint density at radius 1 is 1.05 bits per heavy atom. The summed E-state index contributed by atoms with van der Waals surface area (Å²) in [5.41, 5.74) is 0. The molecule has 0 radical (unpaired) electrons. The SMILES string of the molecule is CCC1CCCN(C(C)C(C)CNCC(C)C)CC1. The van der Waals surface area contributed by atoms with Crippen LogP contribution in [0, 0.1) is 17.8 Å². The summed E-state index contributed by atoms with van der Waals surface area (Å²) in [5.74, 6) is 2.48. The van der Waals surface area contributed by atoms with Gasteiger partial charge in [-0.1, -0.05) is 34.1 Å². The van der Waals surface area contributed by atoms with Gasteiger partial charge in [0.05, 0.1) is 0 Å². The van der Waals surface area contributed by atoms with Gasteiger partial charge in [-0.15, -0.1) is 0 Å². The van der Waals surface area contributed by atoms with E-state index in [1.54, 1.807) is 0 Å². The molecule has 114 valence electrons. The molecule has 1 heterocycles. The topological polar surface area (TPSA) is 15.3 Å². The highest BCUT2D eigenvalue weighted by Crippen LogP contribution is 2.23. The first kappa shape index (κ1) is 17.0. The molecule has 0 amide bonds. The Bertz CT molecular complexity index is 227. The molecule has 0 aromatic rings. The lowest BCUT2D eigenvalue weighted by Gasteiger charge is -2.32. The fourth-order valence-corrected chi connectivity index (χ4v) is 3.13. The Balaban J connectivity index is 2.32. The molecule has 0 aromatic heterocycles. The smallest absolute Gasteiger partial charge is 0.0105 e. The van der Waals surface area contributed by atoms with Crippen LogP contribution in [-0.4, -0.2) is 37.1 Å². The standard InChI is InChI=1S/C17H36N2/c1-6-17-8-7-10-19(11-9-17)16(5)15(4)13-18-12-14(2)3/h14-18H,6-13H2,1-5H3. The predicted octanol–water partition coefficient (Wildman–Crippen LogP) is 3.77. The zero-order valence-electron chi connectivity index (χ0n) is 13.9. The van der Waals surface area contributed by atoms with Crippen molar-refractivity contribution in [3.8, 4) is 0 Å². The van der Waals surface area contributed by atoms with E-state index in [9.17, 15) is 0 Å². The number of hydrogen-bond acceptors (Lipinski definition) is 2. The zero-order valence-corrected chi connectivity index (χ0v) is 13.9. The molecule has 0 aliphatic carbocycles. The molecule has 0 aromatic carbocycles. The molecule has 2 heteroatoms. The van der Waals surface area contributed by atoms with Crippen LogP contribution in [0.15, 0.2) is 0 Å². The van der Waals surface area contributed by atoms with Gasteiger partial charge in [0.1, 0.15) is 0 Å². The lowest BCUT2D eigenvalue weighted by molar-refractivity contribution is 0.162. The normalized spacial score (nSPS) is 25.3. The first-order valence-corrected chi connectivity index (χ1v) is 8.49. The average Bonchev–Trinajstić information content (AvgIpc) is 2.62. The van der Waals surface area contributed by atoms with E-state index in [0.717, 1.165) is 36.9 Å². The Kier molecular flexibility index (Phi) is 8.01. The number of likely N-dealkylation sites (tertiary alicyclic amines) is 1. The third-order valence-corrected chi connectivity index (χ3v) is 4.88. The highest BCUT2D eigenvalue weighted by molar-refractivity contribution is 4.78. The summed E-state index contributed by atoms with van der Waals surface area (Å²) in [4.78, 5) is 2.73. The summed E-state index contributed by atoms with van der Waals surface area (Å²) in [5, 5.41) is 3.61. The highest BCUT2D eigenvalue weighted by Gasteiger charge is 2.23. The summed E-state index contributed by atoms with van der Waals surface area (Å²) in [6.07, 6.45) is 5.62. The van der Waals surface area contributed by atoms with Gasteiger partial charge in [-0.05, 0) is 70.1 Å². The monoisotopic (exact) mass is 268 g/mol. The van der Waals surface area contributed by atoms with E-state index in [4.69, 9.17) is 0 Å². The Morgan fingerprint density at radius 2 is 1.79 bits per heavy atom. The first-order chi connectivity index (χ1) is 9.04. The second kappa shape index (κ2) is 8.97. The first-order valence-electron chi connectivity index (χ1n) is 8.49. The van der Waals surface area contributed by atoms with E-state index in [-0.39, 0.29) is 0 Å². The van der Waals surface area contributed by atoms with Crippen LogP contribution in [0.1, 0.15) is 60.3 Å². The van der Waals surface area contributed by atoms with E-state index in [1.807, 2.05) is 0 Å². The minimum atomic E-state index is 0.718. The van der Waals surface area contributed by atoms with Crippen LogP contribution in [0.25, 0.3) is 0 Å². The molecule has 19 heavy (non-hydrogen) atoms. The molecule has 0 bridgehead atoms. The molecule has 3 atom stereocenters. The molecule has 1 N–H and O–H groups in total. The van der Waals surface area contributed by atoms with Gasteiger partial charge in [-0.25, -0.2) is 0 Å². The van der Waals surface area contributed by atoms with Gasteiger partial charge in [0, 0.05) is 6.04 Å². The van der Waals surface area contributed by atoms with Crippen LogP contribution in [0.4, 0.5) is 0 Å². The van der Waals surface area contributed by atoms with Crippen LogP contribution in [-0.2, 0) is 0 Å². The number of rotatable bonds is 7. The van der Waals surface area contributed by atoms with Gasteiger partial charge < -0.3 is 10.2 Å². The van der Waals surface area contributed by atoms with Gasteiger partial charge in [0.2, 0.25) is 0 Å². The average molecular weight is 268 g/mol. The summed E-state index contributed by atoms with van der Waals surface area (Å²) >= 11 is 0. The van der Waals surface area contributed by atoms with Crippen LogP contribution in [0.3, 0.4) is 0 Å². The summed E-state index contributed by atoms with van der Waals surface area (Å²) in [7, 11) is 0. The van der Waals surface area contributed by atoms with E-state index < -0.39 is 0 Å². The maximum absolute atomic E-state index is 3.61. The third kappa shape index (κ3) is 6.27. The lowest BCUT2D eigenvalue weighted by Crippen LogP contribution is -2.42. The molecular formula is C17H36N2. The Morgan fingerprint density at radius 3 is 2.42 bits per heavy atom. The molecule has 1 saturated heterocycles. The minimum absolute atomic E-state index is 0.718. The van der Waals surface area contributed by atoms with Crippen molar-refractivity contribution < 1.29 is 0 Å². The second-order valence-corrected chi connectivity index (χ2v) is 7.01. The van der Waals surface area contributed by atoms with Crippen LogP contribution < -0.4 is 5.32 Å². The number of nitrogens with zero attached hydrogens (tertiary/aromatic N) is 1. The van der Waals surface area contributed by atoms with Crippen LogP contribution in [0.5, 0.6) is 0 Å². The summed E-state index contributed by atoms with van der Waals surface area (Å²) in [6, 6.07) is 0.718. The molecule has 1 aliphatic heterocycles. The van der Waals surface area contributed by atoms with E-state index >= 15 is 0 Å². The van der Waals surface area contributed by atoms with Gasteiger partial charge in [0.25, 0.3) is 0 Å². The number of nitrogens with one attached hydrogen (secondary N) is 1. The molecule has 0 saturated carbocycles. The van der Waals surface area contributed by atoms with E-state index in [2.05, 4.69) is 44.8 Å². The minimum Gasteiger partial charge on any atom is -0.316 e. The van der Waals surface area contributed by atoms with Crippen molar-refractivity contribution in [1.29, 1.82) is 0 Å². The van der Waals surface area contributed by atoms with Gasteiger partial charge in [-0.3, -0.25) is 0 Å². The molecule has 1 aliphatic rings. The van der Waals surface area contributed by atoms with Gasteiger partial charge in [0.15, 0.2) is 0 Å². The largest absolute Gasteiger partial charge is 0.316 e. The highest BCUT2D eigenvalue weighted by atomic mass is 15.2. The molecule has 1 fully saturated rings. The Hall–Kier alpha value is -0.0800. The molecule has 0 spiro atoms. The fraction of sp³-hybridized carbons (Fsp3) is 1.00. The maximum atomic E-state index is 3.61. The van der Waals surface area contributed by atoms with Crippen LogP contribution in [0.2, 0.25) is 0 Å². The molecule has 2 nitrogen and oxygen atoms in total. The fourth-order valence-electron chi connectivity index (χ4n) is 3.13. The second-order valence-electron chi connectivity index (χ2n) is 7.01. The summed E-state index contributed by atoms with van der Waals surface area (Å²) < 4.78 is 0. The van der Waals surface area contributed by atoms with Crippen molar-refractivity contribution in [2.75, 3.05) is 26.2 Å². The van der Waals surface area contributed by atoms with Gasteiger partial charge >= 0.3 is 0 Å². The number of hydrogen-bond donors (Lipinski definition) is 1. The lowest BCUT2D eigenvalue weighted by atomic mass is 9.98. The third-order valence-electron chi connectivity index (χ3n) is 4.88. The molecular weight excluding hydrogens is 232 g/mol. The van der Waals surface area contributed by atoms with Crippen molar-refractivity contribution >= 4 is 0 Å². The van der Waals surface area contributed by atoms with Crippen molar-refractivity contribution in [3.05, 3.63) is 0 Å². The van der Waals surface area contributed by atoms with Crippen LogP contribution >= 0.6 is 0 Å². The molecule has 1 rings (SSSR count). The molecule has 3 unspecified atom stereocenters. The van der Waals surface area contributed by atoms with Crippen molar-refractivity contribution in [2.45, 2.75) is 66.3 Å².